The second-order valence-electron chi connectivity index (χ2n) is 8.56. The summed E-state index contributed by atoms with van der Waals surface area (Å²) in [5.41, 5.74) is 1.19. The van der Waals surface area contributed by atoms with Crippen LogP contribution in [0, 0.1) is 0 Å². The van der Waals surface area contributed by atoms with Crippen LogP contribution in [-0.4, -0.2) is 73.0 Å². The number of benzene rings is 1. The molecule has 1 atom stereocenters. The number of amides is 1. The van der Waals surface area contributed by atoms with E-state index in [1.807, 2.05) is 30.0 Å². The molecule has 2 aromatic rings. The van der Waals surface area contributed by atoms with Crippen LogP contribution in [0.25, 0.3) is 0 Å². The van der Waals surface area contributed by atoms with E-state index in [0.717, 1.165) is 38.8 Å². The summed E-state index contributed by atoms with van der Waals surface area (Å²) in [5.74, 6) is 0.0933. The Morgan fingerprint density at radius 2 is 1.58 bits per heavy atom. The highest BCUT2D eigenvalue weighted by atomic mass is 32.2. The molecule has 7 nitrogen and oxygen atoms in total. The lowest BCUT2D eigenvalue weighted by molar-refractivity contribution is -0.130. The highest BCUT2D eigenvalue weighted by Crippen LogP contribution is 2.26. The molecule has 0 spiro atoms. The molecule has 0 aliphatic carbocycles. The van der Waals surface area contributed by atoms with Crippen molar-refractivity contribution in [2.75, 3.05) is 44.2 Å². The Kier molecular flexibility index (Phi) is 7.93. The van der Waals surface area contributed by atoms with Crippen LogP contribution in [0.5, 0.6) is 0 Å². The van der Waals surface area contributed by atoms with Crippen molar-refractivity contribution in [1.29, 1.82) is 0 Å². The Bertz CT molecular complexity index is 1020. The van der Waals surface area contributed by atoms with Crippen molar-refractivity contribution in [3.8, 4) is 0 Å². The maximum Gasteiger partial charge on any atom is 0.244 e. The van der Waals surface area contributed by atoms with Crippen molar-refractivity contribution in [1.82, 2.24) is 14.2 Å². The Labute approximate surface area is 201 Å². The third-order valence-corrected chi connectivity index (χ3v) is 9.19. The normalized spacial score (nSPS) is 19.2. The summed E-state index contributed by atoms with van der Waals surface area (Å²) in [4.78, 5) is 21.8. The molecular formula is C24H32N4O3S2. The number of para-hydroxylation sites is 1. The van der Waals surface area contributed by atoms with E-state index in [1.54, 1.807) is 16.4 Å². The molecule has 178 valence electrons. The van der Waals surface area contributed by atoms with Crippen LogP contribution in [0.4, 0.5) is 5.69 Å². The van der Waals surface area contributed by atoms with Gasteiger partial charge in [-0.3, -0.25) is 4.79 Å². The molecule has 0 saturated carbocycles. The monoisotopic (exact) mass is 488 g/mol. The minimum Gasteiger partial charge on any atom is -0.368 e. The molecule has 2 aliphatic heterocycles. The molecule has 33 heavy (non-hydrogen) atoms. The van der Waals surface area contributed by atoms with Crippen molar-refractivity contribution in [3.05, 3.63) is 48.7 Å². The van der Waals surface area contributed by atoms with E-state index in [1.165, 1.54) is 23.6 Å². The molecule has 4 rings (SSSR count). The van der Waals surface area contributed by atoms with Crippen molar-refractivity contribution in [3.63, 3.8) is 0 Å². The maximum atomic E-state index is 13.0. The number of rotatable bonds is 6. The van der Waals surface area contributed by atoms with E-state index in [4.69, 9.17) is 0 Å². The first-order chi connectivity index (χ1) is 15.9. The Morgan fingerprint density at radius 3 is 2.18 bits per heavy atom. The summed E-state index contributed by atoms with van der Waals surface area (Å²) in [7, 11) is -3.51. The number of carbonyl (C=O) groups excluding carboxylic acids is 1. The lowest BCUT2D eigenvalue weighted by Crippen LogP contribution is -2.50. The van der Waals surface area contributed by atoms with Gasteiger partial charge in [0.2, 0.25) is 15.9 Å². The van der Waals surface area contributed by atoms with Gasteiger partial charge < -0.3 is 9.80 Å². The summed E-state index contributed by atoms with van der Waals surface area (Å²) in [5, 5.41) is 0.377. The molecule has 0 bridgehead atoms. The number of anilines is 1. The van der Waals surface area contributed by atoms with Crippen LogP contribution in [0.2, 0.25) is 0 Å². The third-order valence-electron chi connectivity index (χ3n) is 6.27. The van der Waals surface area contributed by atoms with Crippen molar-refractivity contribution >= 4 is 33.4 Å². The topological polar surface area (TPSA) is 73.8 Å². The largest absolute Gasteiger partial charge is 0.368 e. The van der Waals surface area contributed by atoms with Crippen LogP contribution in [0.1, 0.15) is 32.6 Å². The minimum atomic E-state index is -3.51. The van der Waals surface area contributed by atoms with Crippen molar-refractivity contribution < 1.29 is 13.2 Å². The van der Waals surface area contributed by atoms with Crippen molar-refractivity contribution in [2.45, 2.75) is 47.8 Å². The van der Waals surface area contributed by atoms with E-state index in [0.29, 0.717) is 31.2 Å². The first-order valence-electron chi connectivity index (χ1n) is 11.7. The van der Waals surface area contributed by atoms with E-state index >= 15 is 0 Å². The number of thioether (sulfide) groups is 1. The van der Waals surface area contributed by atoms with Gasteiger partial charge >= 0.3 is 0 Å². The van der Waals surface area contributed by atoms with Crippen molar-refractivity contribution in [2.24, 2.45) is 0 Å². The Balaban J connectivity index is 1.32. The number of nitrogens with zero attached hydrogens (tertiary/aromatic N) is 4. The molecule has 1 unspecified atom stereocenters. The Morgan fingerprint density at radius 1 is 0.909 bits per heavy atom. The lowest BCUT2D eigenvalue weighted by atomic mass is 10.2. The number of pyridine rings is 1. The average Bonchev–Trinajstić information content (AvgIpc) is 3.15. The molecule has 1 aromatic carbocycles. The molecule has 2 saturated heterocycles. The number of aromatic nitrogens is 1. The first kappa shape index (κ1) is 24.0. The molecule has 0 N–H and O–H groups in total. The van der Waals surface area contributed by atoms with E-state index in [2.05, 4.69) is 22.0 Å². The van der Waals surface area contributed by atoms with Gasteiger partial charge in [0.1, 0.15) is 4.90 Å². The van der Waals surface area contributed by atoms with E-state index in [-0.39, 0.29) is 16.1 Å². The van der Waals surface area contributed by atoms with Gasteiger partial charge in [0, 0.05) is 51.2 Å². The predicted octanol–water partition coefficient (Wildman–Crippen LogP) is 3.48. The summed E-state index contributed by atoms with van der Waals surface area (Å²) >= 11 is 1.38. The minimum absolute atomic E-state index is 0.0933. The fourth-order valence-corrected chi connectivity index (χ4v) is 6.67. The predicted molar refractivity (Wildman–Crippen MR) is 132 cm³/mol. The second kappa shape index (κ2) is 10.9. The maximum absolute atomic E-state index is 13.0. The summed E-state index contributed by atoms with van der Waals surface area (Å²) < 4.78 is 27.4. The fraction of sp³-hybridized carbons (Fsp3) is 0.500. The van der Waals surface area contributed by atoms with Gasteiger partial charge in [0.05, 0.1) is 10.3 Å². The van der Waals surface area contributed by atoms with Gasteiger partial charge in [0.25, 0.3) is 0 Å². The number of hydrogen-bond donors (Lipinski definition) is 0. The number of sulfonamides is 1. The summed E-state index contributed by atoms with van der Waals surface area (Å²) in [6, 6.07) is 13.6. The van der Waals surface area contributed by atoms with Gasteiger partial charge in [-0.1, -0.05) is 42.8 Å². The van der Waals surface area contributed by atoms with Crippen LogP contribution in [-0.2, 0) is 14.8 Å². The standard InChI is InChI=1S/C24H32N4O3S2/c1-20(24(29)27-17-15-26(16-18-27)21-9-5-4-6-10-21)32-23-12-11-22(19-25-23)33(30,31)28-13-7-2-3-8-14-28/h4-6,9-12,19-20H,2-3,7-8,13-18H2,1H3. The second-order valence-corrected chi connectivity index (χ2v) is 11.9. The smallest absolute Gasteiger partial charge is 0.244 e. The lowest BCUT2D eigenvalue weighted by Gasteiger charge is -2.37. The zero-order valence-electron chi connectivity index (χ0n) is 19.1. The molecule has 2 aliphatic rings. The van der Waals surface area contributed by atoms with E-state index < -0.39 is 10.0 Å². The molecular weight excluding hydrogens is 456 g/mol. The molecule has 9 heteroatoms. The van der Waals surface area contributed by atoms with Gasteiger partial charge in [0.15, 0.2) is 0 Å². The summed E-state index contributed by atoms with van der Waals surface area (Å²) in [6.45, 7) is 6.05. The summed E-state index contributed by atoms with van der Waals surface area (Å²) in [6.07, 6.45) is 5.39. The van der Waals surface area contributed by atoms with Gasteiger partial charge in [-0.25, -0.2) is 13.4 Å². The van der Waals surface area contributed by atoms with Crippen LogP contribution >= 0.6 is 11.8 Å². The average molecular weight is 489 g/mol. The van der Waals surface area contributed by atoms with Gasteiger partial charge in [-0.05, 0) is 44.0 Å². The quantitative estimate of drug-likeness (QED) is 0.580. The van der Waals surface area contributed by atoms with Crippen LogP contribution in [0.15, 0.2) is 58.6 Å². The van der Waals surface area contributed by atoms with Gasteiger partial charge in [-0.15, -0.1) is 0 Å². The highest BCUT2D eigenvalue weighted by Gasteiger charge is 2.27. The molecule has 0 radical (unpaired) electrons. The number of piperazine rings is 1. The zero-order valence-corrected chi connectivity index (χ0v) is 20.7. The van der Waals surface area contributed by atoms with Crippen LogP contribution < -0.4 is 4.90 Å². The third kappa shape index (κ3) is 5.88. The highest BCUT2D eigenvalue weighted by molar-refractivity contribution is 8.00. The van der Waals surface area contributed by atoms with Crippen LogP contribution in [0.3, 0.4) is 0 Å². The first-order valence-corrected chi connectivity index (χ1v) is 14.0. The number of hydrogen-bond acceptors (Lipinski definition) is 6. The van der Waals surface area contributed by atoms with E-state index in [9.17, 15) is 13.2 Å². The molecule has 1 aromatic heterocycles. The molecule has 2 fully saturated rings. The fourth-order valence-electron chi connectivity index (χ4n) is 4.33. The number of carbonyl (C=O) groups is 1. The zero-order chi connectivity index (χ0) is 23.3. The molecule has 3 heterocycles. The molecule has 1 amide bonds. The Hall–Kier alpha value is -2.10. The van der Waals surface area contributed by atoms with Gasteiger partial charge in [-0.2, -0.15) is 4.31 Å². The SMILES string of the molecule is CC(Sc1ccc(S(=O)(=O)N2CCCCCC2)cn1)C(=O)N1CCN(c2ccccc2)CC1.